The second kappa shape index (κ2) is 7.31. The molecule has 0 aliphatic carbocycles. The highest BCUT2D eigenvalue weighted by Crippen LogP contribution is 2.44. The SMILES string of the molecule is O=C(CSc1nc2ccccc2s1)N1CCc2c([nH]c3ccccc23)[C@H]1C(F)(F)F. The number of para-hydroxylation sites is 2. The number of fused-ring (bicyclic) bond motifs is 4. The molecular weight excluding hydrogens is 431 g/mol. The second-order valence-electron chi connectivity index (χ2n) is 7.08. The Bertz CT molecular complexity index is 1210. The van der Waals surface area contributed by atoms with Crippen LogP contribution in [0.3, 0.4) is 0 Å². The molecule has 4 nitrogen and oxygen atoms in total. The van der Waals surface area contributed by atoms with E-state index in [2.05, 4.69) is 9.97 Å². The first-order chi connectivity index (χ1) is 14.4. The zero-order valence-electron chi connectivity index (χ0n) is 15.6. The molecule has 0 spiro atoms. The van der Waals surface area contributed by atoms with Crippen molar-refractivity contribution in [1.29, 1.82) is 0 Å². The van der Waals surface area contributed by atoms with E-state index in [1.807, 2.05) is 36.4 Å². The molecule has 9 heteroatoms. The molecule has 1 N–H and O–H groups in total. The quantitative estimate of drug-likeness (QED) is 0.419. The summed E-state index contributed by atoms with van der Waals surface area (Å²) in [5.74, 6) is -0.618. The summed E-state index contributed by atoms with van der Waals surface area (Å²) >= 11 is 2.62. The third-order valence-electron chi connectivity index (χ3n) is 5.26. The number of carbonyl (C=O) groups excluding carboxylic acids is 1. The number of thiazole rings is 1. The normalized spacial score (nSPS) is 16.9. The van der Waals surface area contributed by atoms with Gasteiger partial charge in [-0.05, 0) is 30.2 Å². The first-order valence-corrected chi connectivity index (χ1v) is 11.2. The van der Waals surface area contributed by atoms with Gasteiger partial charge in [0.25, 0.3) is 0 Å². The molecule has 30 heavy (non-hydrogen) atoms. The monoisotopic (exact) mass is 447 g/mol. The molecule has 0 bridgehead atoms. The van der Waals surface area contributed by atoms with E-state index in [-0.39, 0.29) is 18.0 Å². The van der Waals surface area contributed by atoms with Gasteiger partial charge in [-0.2, -0.15) is 13.2 Å². The van der Waals surface area contributed by atoms with E-state index in [0.717, 1.165) is 20.5 Å². The van der Waals surface area contributed by atoms with E-state index in [1.54, 1.807) is 12.1 Å². The van der Waals surface area contributed by atoms with Crippen LogP contribution in [0.5, 0.6) is 0 Å². The van der Waals surface area contributed by atoms with Crippen molar-refractivity contribution in [3.8, 4) is 0 Å². The number of aromatic nitrogens is 2. The lowest BCUT2D eigenvalue weighted by atomic mass is 9.97. The summed E-state index contributed by atoms with van der Waals surface area (Å²) in [7, 11) is 0. The minimum Gasteiger partial charge on any atom is -0.356 e. The van der Waals surface area contributed by atoms with Crippen LogP contribution >= 0.6 is 23.1 Å². The van der Waals surface area contributed by atoms with E-state index in [4.69, 9.17) is 0 Å². The largest absolute Gasteiger partial charge is 0.414 e. The molecule has 0 fully saturated rings. The van der Waals surface area contributed by atoms with Crippen molar-refractivity contribution in [3.63, 3.8) is 0 Å². The fourth-order valence-electron chi connectivity index (χ4n) is 3.97. The molecule has 1 aliphatic heterocycles. The lowest BCUT2D eigenvalue weighted by Gasteiger charge is -2.36. The van der Waals surface area contributed by atoms with Gasteiger partial charge in [0.1, 0.15) is 0 Å². The van der Waals surface area contributed by atoms with Crippen molar-refractivity contribution in [1.82, 2.24) is 14.9 Å². The highest BCUT2D eigenvalue weighted by Gasteiger charge is 2.50. The van der Waals surface area contributed by atoms with Crippen molar-refractivity contribution in [3.05, 3.63) is 59.8 Å². The first-order valence-electron chi connectivity index (χ1n) is 9.36. The van der Waals surface area contributed by atoms with Crippen molar-refractivity contribution in [2.75, 3.05) is 12.3 Å². The molecule has 154 valence electrons. The number of thioether (sulfide) groups is 1. The molecule has 0 saturated carbocycles. The van der Waals surface area contributed by atoms with Gasteiger partial charge >= 0.3 is 6.18 Å². The molecule has 3 heterocycles. The molecule has 2 aromatic carbocycles. The molecule has 4 aromatic rings. The topological polar surface area (TPSA) is 49.0 Å². The van der Waals surface area contributed by atoms with Gasteiger partial charge in [-0.25, -0.2) is 4.98 Å². The molecule has 0 saturated heterocycles. The van der Waals surface area contributed by atoms with Gasteiger partial charge in [0.2, 0.25) is 5.91 Å². The average Bonchev–Trinajstić information content (AvgIpc) is 3.31. The van der Waals surface area contributed by atoms with Crippen molar-refractivity contribution in [2.45, 2.75) is 23.0 Å². The number of alkyl halides is 3. The molecule has 1 aliphatic rings. The van der Waals surface area contributed by atoms with Crippen LogP contribution in [-0.4, -0.2) is 39.2 Å². The van der Waals surface area contributed by atoms with Gasteiger partial charge in [-0.3, -0.25) is 4.79 Å². The zero-order chi connectivity index (χ0) is 20.9. The smallest absolute Gasteiger partial charge is 0.356 e. The fraction of sp³-hybridized carbons (Fsp3) is 0.238. The Hall–Kier alpha value is -2.52. The lowest BCUT2D eigenvalue weighted by molar-refractivity contribution is -0.193. The van der Waals surface area contributed by atoms with E-state index in [1.165, 1.54) is 23.1 Å². The third-order valence-corrected chi connectivity index (χ3v) is 7.42. The van der Waals surface area contributed by atoms with Crippen LogP contribution in [0, 0.1) is 0 Å². The Labute approximate surface area is 178 Å². The van der Waals surface area contributed by atoms with Crippen molar-refractivity contribution >= 4 is 50.1 Å². The molecular formula is C21H16F3N3OS2. The summed E-state index contributed by atoms with van der Waals surface area (Å²) in [6.07, 6.45) is -4.17. The van der Waals surface area contributed by atoms with E-state index in [9.17, 15) is 18.0 Å². The van der Waals surface area contributed by atoms with Crippen LogP contribution in [0.25, 0.3) is 21.1 Å². The van der Waals surface area contributed by atoms with Gasteiger partial charge in [0.15, 0.2) is 10.4 Å². The number of H-pyrrole nitrogens is 1. The van der Waals surface area contributed by atoms with E-state index < -0.39 is 18.1 Å². The number of hydrogen-bond donors (Lipinski definition) is 1. The maximum absolute atomic E-state index is 14.0. The van der Waals surface area contributed by atoms with Gasteiger partial charge < -0.3 is 9.88 Å². The van der Waals surface area contributed by atoms with Crippen LogP contribution < -0.4 is 0 Å². The number of amides is 1. The van der Waals surface area contributed by atoms with Crippen LogP contribution in [0.1, 0.15) is 17.3 Å². The highest BCUT2D eigenvalue weighted by atomic mass is 32.2. The maximum atomic E-state index is 14.0. The number of halogens is 3. The highest BCUT2D eigenvalue weighted by molar-refractivity contribution is 8.01. The van der Waals surface area contributed by atoms with Crippen LogP contribution in [0.15, 0.2) is 52.9 Å². The summed E-state index contributed by atoms with van der Waals surface area (Å²) in [4.78, 5) is 21.2. The summed E-state index contributed by atoms with van der Waals surface area (Å²) in [6.45, 7) is 0.0399. The number of aromatic amines is 1. The third kappa shape index (κ3) is 3.35. The predicted octanol–water partition coefficient (Wildman–Crippen LogP) is 5.56. The summed E-state index contributed by atoms with van der Waals surface area (Å²) in [5, 5.41) is 0.790. The minimum atomic E-state index is -4.56. The van der Waals surface area contributed by atoms with Gasteiger partial charge in [0, 0.05) is 17.4 Å². The number of carbonyl (C=O) groups is 1. The second-order valence-corrected chi connectivity index (χ2v) is 9.33. The molecule has 1 amide bonds. The Morgan fingerprint density at radius 2 is 1.97 bits per heavy atom. The molecule has 0 radical (unpaired) electrons. The summed E-state index contributed by atoms with van der Waals surface area (Å²) in [6, 6.07) is 12.8. The number of hydrogen-bond acceptors (Lipinski definition) is 4. The number of nitrogens with one attached hydrogen (secondary N) is 1. The van der Waals surface area contributed by atoms with Crippen LogP contribution in [0.2, 0.25) is 0 Å². The first kappa shape index (κ1) is 19.4. The Morgan fingerprint density at radius 3 is 2.77 bits per heavy atom. The maximum Gasteiger partial charge on any atom is 0.414 e. The van der Waals surface area contributed by atoms with Crippen molar-refractivity contribution in [2.24, 2.45) is 0 Å². The predicted molar refractivity (Wildman–Crippen MR) is 113 cm³/mol. The Morgan fingerprint density at radius 1 is 1.20 bits per heavy atom. The fourth-order valence-corrected chi connectivity index (χ4v) is 5.92. The summed E-state index contributed by atoms with van der Waals surface area (Å²) in [5.41, 5.74) is 2.21. The molecule has 1 atom stereocenters. The molecule has 5 rings (SSSR count). The minimum absolute atomic E-state index is 0.0399. The number of benzene rings is 2. The number of nitrogens with zero attached hydrogens (tertiary/aromatic N) is 2. The summed E-state index contributed by atoms with van der Waals surface area (Å²) < 4.78 is 43.8. The molecule has 2 aromatic heterocycles. The van der Waals surface area contributed by atoms with Crippen molar-refractivity contribution < 1.29 is 18.0 Å². The lowest BCUT2D eigenvalue weighted by Crippen LogP contribution is -2.47. The van der Waals surface area contributed by atoms with Gasteiger partial charge in [-0.15, -0.1) is 11.3 Å². The zero-order valence-corrected chi connectivity index (χ0v) is 17.2. The Balaban J connectivity index is 1.41. The van der Waals surface area contributed by atoms with E-state index >= 15 is 0 Å². The van der Waals surface area contributed by atoms with Crippen LogP contribution in [0.4, 0.5) is 13.2 Å². The molecule has 0 unspecified atom stereocenters. The standard InChI is InChI=1S/C21H16F3N3OS2/c22-21(23,24)19-18-13(12-5-1-2-6-14(12)25-18)9-10-27(19)17(28)11-29-20-26-15-7-3-4-8-16(15)30-20/h1-8,19,25H,9-11H2/t19-/m0/s1. The number of rotatable bonds is 3. The van der Waals surface area contributed by atoms with Gasteiger partial charge in [0.05, 0.1) is 21.7 Å². The van der Waals surface area contributed by atoms with Gasteiger partial charge in [-0.1, -0.05) is 42.1 Å². The Kier molecular flexibility index (Phi) is 4.74. The average molecular weight is 448 g/mol. The van der Waals surface area contributed by atoms with Crippen LogP contribution in [-0.2, 0) is 11.2 Å². The van der Waals surface area contributed by atoms with E-state index in [0.29, 0.717) is 21.8 Å².